The number of para-hydroxylation sites is 1. The Morgan fingerprint density at radius 1 is 1.29 bits per heavy atom. The van der Waals surface area contributed by atoms with Gasteiger partial charge in [-0.3, -0.25) is 14.6 Å². The van der Waals surface area contributed by atoms with E-state index in [0.717, 1.165) is 16.8 Å². The SMILES string of the molecule is Cc1cccc(C)c1NC(=O)[C@@H](C)Sc1nc2nc[nH]c2c(=O)[nH]1. The van der Waals surface area contributed by atoms with Crippen molar-refractivity contribution in [2.24, 2.45) is 0 Å². The normalized spacial score (nSPS) is 12.3. The molecule has 2 heterocycles. The van der Waals surface area contributed by atoms with Crippen LogP contribution in [0, 0.1) is 13.8 Å². The maximum Gasteiger partial charge on any atom is 0.277 e. The number of amides is 1. The number of carbonyl (C=O) groups is 1. The second-order valence-electron chi connectivity index (χ2n) is 5.49. The summed E-state index contributed by atoms with van der Waals surface area (Å²) in [6.07, 6.45) is 1.42. The van der Waals surface area contributed by atoms with Gasteiger partial charge >= 0.3 is 0 Å². The van der Waals surface area contributed by atoms with E-state index in [4.69, 9.17) is 0 Å². The number of fused-ring (bicyclic) bond motifs is 1. The molecule has 0 aliphatic rings. The minimum absolute atomic E-state index is 0.151. The van der Waals surface area contributed by atoms with E-state index in [1.807, 2.05) is 32.0 Å². The zero-order valence-corrected chi connectivity index (χ0v) is 14.3. The first-order valence-corrected chi connectivity index (χ1v) is 8.31. The van der Waals surface area contributed by atoms with E-state index < -0.39 is 5.25 Å². The Kier molecular flexibility index (Phi) is 4.39. The van der Waals surface area contributed by atoms with Gasteiger partial charge in [-0.15, -0.1) is 0 Å². The number of imidazole rings is 1. The Hall–Kier alpha value is -2.61. The molecule has 1 amide bonds. The molecule has 124 valence electrons. The number of aromatic nitrogens is 4. The fourth-order valence-electron chi connectivity index (χ4n) is 2.34. The average Bonchev–Trinajstić information content (AvgIpc) is 3.00. The van der Waals surface area contributed by atoms with Gasteiger partial charge in [0, 0.05) is 5.69 Å². The molecule has 24 heavy (non-hydrogen) atoms. The molecular formula is C16H17N5O2S. The number of thioether (sulfide) groups is 1. The van der Waals surface area contributed by atoms with Crippen LogP contribution in [0.25, 0.3) is 11.2 Å². The molecule has 0 unspecified atom stereocenters. The first-order chi connectivity index (χ1) is 11.5. The Morgan fingerprint density at radius 2 is 2.00 bits per heavy atom. The summed E-state index contributed by atoms with van der Waals surface area (Å²) in [5.41, 5.74) is 3.19. The molecule has 1 atom stereocenters. The van der Waals surface area contributed by atoms with E-state index in [-0.39, 0.29) is 11.5 Å². The molecule has 3 rings (SSSR count). The van der Waals surface area contributed by atoms with Crippen molar-refractivity contribution in [3.8, 4) is 0 Å². The maximum absolute atomic E-state index is 12.4. The lowest BCUT2D eigenvalue weighted by atomic mass is 10.1. The van der Waals surface area contributed by atoms with E-state index in [2.05, 4.69) is 25.3 Å². The van der Waals surface area contributed by atoms with Gasteiger partial charge in [-0.2, -0.15) is 0 Å². The van der Waals surface area contributed by atoms with Gasteiger partial charge in [0.15, 0.2) is 16.3 Å². The van der Waals surface area contributed by atoms with Crippen LogP contribution in [0.4, 0.5) is 5.69 Å². The van der Waals surface area contributed by atoms with Crippen LogP contribution in [0.2, 0.25) is 0 Å². The predicted molar refractivity (Wildman–Crippen MR) is 94.4 cm³/mol. The summed E-state index contributed by atoms with van der Waals surface area (Å²) in [5.74, 6) is -0.151. The van der Waals surface area contributed by atoms with E-state index in [9.17, 15) is 9.59 Å². The highest BCUT2D eigenvalue weighted by Crippen LogP contribution is 2.23. The Morgan fingerprint density at radius 3 is 2.71 bits per heavy atom. The van der Waals surface area contributed by atoms with Gasteiger partial charge in [0.1, 0.15) is 0 Å². The topological polar surface area (TPSA) is 104 Å². The number of anilines is 1. The molecule has 0 saturated heterocycles. The number of H-pyrrole nitrogens is 2. The number of aromatic amines is 2. The van der Waals surface area contributed by atoms with E-state index in [1.54, 1.807) is 6.92 Å². The first kappa shape index (κ1) is 16.3. The van der Waals surface area contributed by atoms with Crippen LogP contribution in [-0.2, 0) is 4.79 Å². The largest absolute Gasteiger partial charge is 0.339 e. The fraction of sp³-hybridized carbons (Fsp3) is 0.250. The number of rotatable bonds is 4. The van der Waals surface area contributed by atoms with Gasteiger partial charge < -0.3 is 10.3 Å². The summed E-state index contributed by atoms with van der Waals surface area (Å²) in [7, 11) is 0. The van der Waals surface area contributed by atoms with Crippen molar-refractivity contribution in [1.82, 2.24) is 19.9 Å². The molecule has 0 saturated carbocycles. The van der Waals surface area contributed by atoms with Gasteiger partial charge in [-0.05, 0) is 31.9 Å². The summed E-state index contributed by atoms with van der Waals surface area (Å²) in [6.45, 7) is 5.66. The summed E-state index contributed by atoms with van der Waals surface area (Å²) < 4.78 is 0. The summed E-state index contributed by atoms with van der Waals surface area (Å²) >= 11 is 1.18. The van der Waals surface area contributed by atoms with Gasteiger partial charge in [0.05, 0.1) is 11.6 Å². The standard InChI is InChI=1S/C16H17N5O2S/c1-8-5-4-6-9(2)11(8)19-14(22)10(3)24-16-20-13-12(15(23)21-16)17-7-18-13/h4-7,10H,1-3H3,(H,19,22)(H2,17,18,20,21,23)/t10-/m1/s1. The van der Waals surface area contributed by atoms with Crippen molar-refractivity contribution in [3.05, 3.63) is 46.0 Å². The smallest absolute Gasteiger partial charge is 0.277 e. The van der Waals surface area contributed by atoms with Gasteiger partial charge in [0.25, 0.3) is 5.56 Å². The number of nitrogens with zero attached hydrogens (tertiary/aromatic N) is 2. The molecule has 8 heteroatoms. The van der Waals surface area contributed by atoms with Gasteiger partial charge in [-0.25, -0.2) is 9.97 Å². The van der Waals surface area contributed by atoms with Crippen LogP contribution in [-0.4, -0.2) is 31.1 Å². The van der Waals surface area contributed by atoms with E-state index in [0.29, 0.717) is 16.3 Å². The quantitative estimate of drug-likeness (QED) is 0.498. The molecule has 0 aliphatic carbocycles. The highest BCUT2D eigenvalue weighted by atomic mass is 32.2. The summed E-state index contributed by atoms with van der Waals surface area (Å²) in [4.78, 5) is 38.0. The molecule has 0 radical (unpaired) electrons. The monoisotopic (exact) mass is 343 g/mol. The zero-order valence-electron chi connectivity index (χ0n) is 13.5. The third-order valence-corrected chi connectivity index (χ3v) is 4.65. The summed E-state index contributed by atoms with van der Waals surface area (Å²) in [5, 5.41) is 2.88. The van der Waals surface area contributed by atoms with Crippen LogP contribution in [0.3, 0.4) is 0 Å². The highest BCUT2D eigenvalue weighted by molar-refractivity contribution is 8.00. The minimum Gasteiger partial charge on any atom is -0.339 e. The lowest BCUT2D eigenvalue weighted by Gasteiger charge is -2.14. The zero-order chi connectivity index (χ0) is 17.3. The average molecular weight is 343 g/mol. The van der Waals surface area contributed by atoms with Gasteiger partial charge in [0.2, 0.25) is 5.91 Å². The molecule has 0 aliphatic heterocycles. The number of nitrogens with one attached hydrogen (secondary N) is 3. The Labute approximate surface area is 142 Å². The molecule has 0 bridgehead atoms. The van der Waals surface area contributed by atoms with Crippen molar-refractivity contribution in [3.63, 3.8) is 0 Å². The number of benzene rings is 1. The second kappa shape index (κ2) is 6.48. The lowest BCUT2D eigenvalue weighted by Crippen LogP contribution is -2.24. The van der Waals surface area contributed by atoms with Crippen molar-refractivity contribution < 1.29 is 4.79 Å². The molecule has 3 aromatic rings. The van der Waals surface area contributed by atoms with Crippen LogP contribution in [0.15, 0.2) is 34.5 Å². The van der Waals surface area contributed by atoms with Crippen LogP contribution >= 0.6 is 11.8 Å². The van der Waals surface area contributed by atoms with Crippen molar-refractivity contribution in [2.45, 2.75) is 31.2 Å². The number of hydrogen-bond donors (Lipinski definition) is 3. The fourth-order valence-corrected chi connectivity index (χ4v) is 3.13. The van der Waals surface area contributed by atoms with Crippen molar-refractivity contribution in [2.75, 3.05) is 5.32 Å². The molecule has 7 nitrogen and oxygen atoms in total. The Bertz CT molecular complexity index is 942. The summed E-state index contributed by atoms with van der Waals surface area (Å²) in [6, 6.07) is 5.85. The molecule has 3 N–H and O–H groups in total. The first-order valence-electron chi connectivity index (χ1n) is 7.43. The van der Waals surface area contributed by atoms with Crippen molar-refractivity contribution in [1.29, 1.82) is 0 Å². The molecular weight excluding hydrogens is 326 g/mol. The maximum atomic E-state index is 12.4. The molecule has 0 spiro atoms. The number of carbonyl (C=O) groups excluding carboxylic acids is 1. The van der Waals surface area contributed by atoms with Crippen LogP contribution < -0.4 is 10.9 Å². The molecule has 2 aromatic heterocycles. The third kappa shape index (κ3) is 3.18. The Balaban J connectivity index is 1.77. The third-order valence-electron chi connectivity index (χ3n) is 3.66. The van der Waals surface area contributed by atoms with Gasteiger partial charge in [-0.1, -0.05) is 30.0 Å². The van der Waals surface area contributed by atoms with Crippen LogP contribution in [0.1, 0.15) is 18.1 Å². The minimum atomic E-state index is -0.427. The highest BCUT2D eigenvalue weighted by Gasteiger charge is 2.18. The van der Waals surface area contributed by atoms with E-state index >= 15 is 0 Å². The second-order valence-corrected chi connectivity index (χ2v) is 6.82. The number of hydrogen-bond acceptors (Lipinski definition) is 5. The lowest BCUT2D eigenvalue weighted by molar-refractivity contribution is -0.115. The van der Waals surface area contributed by atoms with Crippen molar-refractivity contribution >= 4 is 34.5 Å². The van der Waals surface area contributed by atoms with Crippen LogP contribution in [0.5, 0.6) is 0 Å². The number of aryl methyl sites for hydroxylation is 2. The van der Waals surface area contributed by atoms with E-state index in [1.165, 1.54) is 18.1 Å². The molecule has 1 aromatic carbocycles. The molecule has 0 fully saturated rings. The predicted octanol–water partition coefficient (Wildman–Crippen LogP) is 2.38.